The fraction of sp³-hybridized carbons (Fsp3) is 0.923. The summed E-state index contributed by atoms with van der Waals surface area (Å²) >= 11 is 1.92. The molecule has 0 spiro atoms. The second-order valence-corrected chi connectivity index (χ2v) is 6.30. The van der Waals surface area contributed by atoms with Gasteiger partial charge < -0.3 is 10.2 Å². The van der Waals surface area contributed by atoms with E-state index in [0.717, 1.165) is 38.4 Å². The molecule has 0 aromatic heterocycles. The molecule has 3 nitrogen and oxygen atoms in total. The number of rotatable bonds is 4. The molecule has 1 N–H and O–H groups in total. The van der Waals surface area contributed by atoms with E-state index in [-0.39, 0.29) is 0 Å². The monoisotopic (exact) mass is 256 g/mol. The van der Waals surface area contributed by atoms with E-state index < -0.39 is 0 Å². The average molecular weight is 256 g/mol. The van der Waals surface area contributed by atoms with Crippen molar-refractivity contribution in [3.8, 4) is 0 Å². The Balaban J connectivity index is 1.83. The van der Waals surface area contributed by atoms with Crippen LogP contribution in [0.1, 0.15) is 26.2 Å². The summed E-state index contributed by atoms with van der Waals surface area (Å²) in [5.41, 5.74) is 0. The molecule has 2 aliphatic heterocycles. The Bertz CT molecular complexity index is 248. The highest BCUT2D eigenvalue weighted by Crippen LogP contribution is 2.25. The Morgan fingerprint density at radius 1 is 1.47 bits per heavy atom. The molecule has 0 bridgehead atoms. The van der Waals surface area contributed by atoms with Crippen molar-refractivity contribution in [3.63, 3.8) is 0 Å². The van der Waals surface area contributed by atoms with Gasteiger partial charge in [-0.2, -0.15) is 11.8 Å². The summed E-state index contributed by atoms with van der Waals surface area (Å²) in [6.45, 7) is 6.18. The van der Waals surface area contributed by atoms with Crippen molar-refractivity contribution in [1.82, 2.24) is 10.2 Å². The van der Waals surface area contributed by atoms with Crippen LogP contribution in [0.5, 0.6) is 0 Å². The van der Waals surface area contributed by atoms with Gasteiger partial charge in [0, 0.05) is 24.8 Å². The Morgan fingerprint density at radius 3 is 2.94 bits per heavy atom. The minimum absolute atomic E-state index is 0.302. The molecule has 2 saturated heterocycles. The van der Waals surface area contributed by atoms with Crippen molar-refractivity contribution >= 4 is 17.7 Å². The van der Waals surface area contributed by atoms with Gasteiger partial charge in [0.15, 0.2) is 0 Å². The third kappa shape index (κ3) is 3.62. The zero-order valence-corrected chi connectivity index (χ0v) is 11.6. The molecule has 2 aliphatic rings. The second-order valence-electron chi connectivity index (χ2n) is 5.15. The molecule has 98 valence electrons. The molecule has 4 heteroatoms. The third-order valence-corrected chi connectivity index (χ3v) is 5.01. The first-order valence-electron chi connectivity index (χ1n) is 6.88. The van der Waals surface area contributed by atoms with Gasteiger partial charge in [-0.05, 0) is 50.9 Å². The standard InChI is InChI=1S/C13H24N2OS/c1-2-15(9-11-4-3-6-14-8-11)13(16)12-5-7-17-10-12/h11-12,14H,2-10H2,1H3. The van der Waals surface area contributed by atoms with E-state index >= 15 is 0 Å². The van der Waals surface area contributed by atoms with Crippen LogP contribution >= 0.6 is 11.8 Å². The maximum atomic E-state index is 12.3. The molecular weight excluding hydrogens is 232 g/mol. The van der Waals surface area contributed by atoms with Crippen molar-refractivity contribution in [2.45, 2.75) is 26.2 Å². The van der Waals surface area contributed by atoms with Crippen molar-refractivity contribution in [3.05, 3.63) is 0 Å². The SMILES string of the molecule is CCN(CC1CCCNC1)C(=O)C1CCSC1. The lowest BCUT2D eigenvalue weighted by Gasteiger charge is -2.31. The Hall–Kier alpha value is -0.220. The lowest BCUT2D eigenvalue weighted by Crippen LogP contribution is -2.43. The highest BCUT2D eigenvalue weighted by atomic mass is 32.2. The first kappa shape index (κ1) is 13.2. The molecule has 1 amide bonds. The summed E-state index contributed by atoms with van der Waals surface area (Å²) in [4.78, 5) is 14.4. The summed E-state index contributed by atoms with van der Waals surface area (Å²) in [5, 5.41) is 3.43. The largest absolute Gasteiger partial charge is 0.342 e. The smallest absolute Gasteiger partial charge is 0.226 e. The molecule has 0 aromatic rings. The summed E-state index contributed by atoms with van der Waals surface area (Å²) in [7, 11) is 0. The number of hydrogen-bond acceptors (Lipinski definition) is 3. The normalized spacial score (nSPS) is 29.2. The zero-order valence-electron chi connectivity index (χ0n) is 10.8. The predicted octanol–water partition coefficient (Wildman–Crippen LogP) is 1.59. The minimum Gasteiger partial charge on any atom is -0.342 e. The maximum absolute atomic E-state index is 12.3. The van der Waals surface area contributed by atoms with E-state index in [9.17, 15) is 4.79 Å². The van der Waals surface area contributed by atoms with Gasteiger partial charge in [0.05, 0.1) is 0 Å². The number of hydrogen-bond donors (Lipinski definition) is 1. The second kappa shape index (κ2) is 6.64. The molecule has 2 fully saturated rings. The lowest BCUT2D eigenvalue weighted by molar-refractivity contribution is -0.135. The predicted molar refractivity (Wildman–Crippen MR) is 73.3 cm³/mol. The van der Waals surface area contributed by atoms with Crippen LogP contribution in [0.4, 0.5) is 0 Å². The van der Waals surface area contributed by atoms with E-state index in [1.54, 1.807) is 0 Å². The van der Waals surface area contributed by atoms with Crippen molar-refractivity contribution in [2.24, 2.45) is 11.8 Å². The number of amides is 1. The van der Waals surface area contributed by atoms with Crippen LogP contribution in [0.15, 0.2) is 0 Å². The van der Waals surface area contributed by atoms with Crippen LogP contribution in [-0.4, -0.2) is 48.5 Å². The third-order valence-electron chi connectivity index (χ3n) is 3.85. The summed E-state index contributed by atoms with van der Waals surface area (Å²) in [6.07, 6.45) is 3.62. The fourth-order valence-electron chi connectivity index (χ4n) is 2.75. The van der Waals surface area contributed by atoms with Crippen LogP contribution in [0, 0.1) is 11.8 Å². The molecule has 0 radical (unpaired) electrons. The number of carbonyl (C=O) groups excluding carboxylic acids is 1. The van der Waals surface area contributed by atoms with Crippen LogP contribution in [0.25, 0.3) is 0 Å². The van der Waals surface area contributed by atoms with E-state index in [1.165, 1.54) is 18.6 Å². The lowest BCUT2D eigenvalue weighted by atomic mass is 9.98. The van der Waals surface area contributed by atoms with Gasteiger partial charge in [-0.1, -0.05) is 0 Å². The van der Waals surface area contributed by atoms with Crippen molar-refractivity contribution < 1.29 is 4.79 Å². The molecule has 2 rings (SSSR count). The van der Waals surface area contributed by atoms with E-state index in [2.05, 4.69) is 17.1 Å². The molecule has 0 saturated carbocycles. The summed E-state index contributed by atoms with van der Waals surface area (Å²) in [6, 6.07) is 0. The van der Waals surface area contributed by atoms with Gasteiger partial charge in [0.2, 0.25) is 5.91 Å². The van der Waals surface area contributed by atoms with Crippen LogP contribution in [-0.2, 0) is 4.79 Å². The Labute approximate surface area is 109 Å². The highest BCUT2D eigenvalue weighted by Gasteiger charge is 2.28. The van der Waals surface area contributed by atoms with Gasteiger partial charge in [0.25, 0.3) is 0 Å². The van der Waals surface area contributed by atoms with E-state index in [1.807, 2.05) is 11.8 Å². The number of nitrogens with one attached hydrogen (secondary N) is 1. The summed E-state index contributed by atoms with van der Waals surface area (Å²) < 4.78 is 0. The number of thioether (sulfide) groups is 1. The Kier molecular flexibility index (Phi) is 5.16. The molecule has 0 aromatic carbocycles. The first-order valence-corrected chi connectivity index (χ1v) is 8.04. The molecule has 0 aliphatic carbocycles. The minimum atomic E-state index is 0.302. The maximum Gasteiger partial charge on any atom is 0.226 e. The molecular formula is C13H24N2OS. The summed E-state index contributed by atoms with van der Waals surface area (Å²) in [5.74, 6) is 3.58. The van der Waals surface area contributed by atoms with Crippen LogP contribution in [0.3, 0.4) is 0 Å². The van der Waals surface area contributed by atoms with Crippen LogP contribution in [0.2, 0.25) is 0 Å². The van der Waals surface area contributed by atoms with Gasteiger partial charge in [0.1, 0.15) is 0 Å². The highest BCUT2D eigenvalue weighted by molar-refractivity contribution is 7.99. The topological polar surface area (TPSA) is 32.3 Å². The van der Waals surface area contributed by atoms with Gasteiger partial charge in [-0.25, -0.2) is 0 Å². The molecule has 2 heterocycles. The zero-order chi connectivity index (χ0) is 12.1. The van der Waals surface area contributed by atoms with Gasteiger partial charge in [-0.15, -0.1) is 0 Å². The van der Waals surface area contributed by atoms with Gasteiger partial charge in [-0.3, -0.25) is 4.79 Å². The number of piperidine rings is 1. The van der Waals surface area contributed by atoms with E-state index in [4.69, 9.17) is 0 Å². The molecule has 17 heavy (non-hydrogen) atoms. The fourth-order valence-corrected chi connectivity index (χ4v) is 3.97. The van der Waals surface area contributed by atoms with E-state index in [0.29, 0.717) is 17.7 Å². The molecule has 2 unspecified atom stereocenters. The first-order chi connectivity index (χ1) is 8.31. The quantitative estimate of drug-likeness (QED) is 0.829. The number of carbonyl (C=O) groups is 1. The van der Waals surface area contributed by atoms with Crippen molar-refractivity contribution in [2.75, 3.05) is 37.7 Å². The van der Waals surface area contributed by atoms with Gasteiger partial charge >= 0.3 is 0 Å². The Morgan fingerprint density at radius 2 is 2.35 bits per heavy atom. The number of nitrogens with zero attached hydrogens (tertiary/aromatic N) is 1. The average Bonchev–Trinajstić information content (AvgIpc) is 2.90. The van der Waals surface area contributed by atoms with Crippen LogP contribution < -0.4 is 5.32 Å². The van der Waals surface area contributed by atoms with Crippen molar-refractivity contribution in [1.29, 1.82) is 0 Å². The molecule has 2 atom stereocenters.